The minimum atomic E-state index is -0.830. The molecule has 2 unspecified atom stereocenters. The summed E-state index contributed by atoms with van der Waals surface area (Å²) in [7, 11) is 0. The van der Waals surface area contributed by atoms with E-state index in [0.717, 1.165) is 29.3 Å². The molecule has 2 atom stereocenters. The molecule has 3 rings (SSSR count). The summed E-state index contributed by atoms with van der Waals surface area (Å²) in [6, 6.07) is 9.24. The number of nitrogens with one attached hydrogen (secondary N) is 1. The number of benzene rings is 2. The highest BCUT2D eigenvalue weighted by atomic mass is 19.1. The highest BCUT2D eigenvalue weighted by molar-refractivity contribution is 5.98. The van der Waals surface area contributed by atoms with Crippen LogP contribution in [0.1, 0.15) is 27.5 Å². The average Bonchev–Trinajstić information content (AvgIpc) is 2.83. The van der Waals surface area contributed by atoms with Crippen molar-refractivity contribution in [1.82, 2.24) is 5.32 Å². The molecule has 0 aromatic heterocycles. The van der Waals surface area contributed by atoms with Gasteiger partial charge in [0.15, 0.2) is 0 Å². The van der Waals surface area contributed by atoms with Crippen LogP contribution >= 0.6 is 0 Å². The maximum atomic E-state index is 13.3. The number of carbonyl (C=O) groups excluding carboxylic acids is 1. The maximum Gasteiger partial charge on any atom is 0.282 e. The van der Waals surface area contributed by atoms with Gasteiger partial charge in [0.25, 0.3) is 11.6 Å². The molecule has 0 radical (unpaired) electrons. The van der Waals surface area contributed by atoms with Crippen LogP contribution < -0.4 is 5.32 Å². The molecule has 2 aromatic carbocycles. The zero-order valence-electron chi connectivity index (χ0n) is 11.9. The standard InChI is InChI=1S/C16H13FN2O4/c17-10-5-6-13(19(22)23)12(8-10)16(21)18-15-11-4-2-1-3-9(11)7-14(15)20/h1-6,8,14-15,20H,7H2,(H,18,21). The van der Waals surface area contributed by atoms with Crippen LogP contribution in [0.3, 0.4) is 0 Å². The summed E-state index contributed by atoms with van der Waals surface area (Å²) < 4.78 is 13.3. The minimum absolute atomic E-state index is 0.369. The average molecular weight is 316 g/mol. The summed E-state index contributed by atoms with van der Waals surface area (Å²) in [5.74, 6) is -1.54. The Bertz CT molecular complexity index is 793. The first kappa shape index (κ1) is 15.1. The Morgan fingerprint density at radius 3 is 2.78 bits per heavy atom. The van der Waals surface area contributed by atoms with E-state index in [9.17, 15) is 24.4 Å². The Morgan fingerprint density at radius 2 is 2.04 bits per heavy atom. The van der Waals surface area contributed by atoms with E-state index < -0.39 is 34.5 Å². The van der Waals surface area contributed by atoms with E-state index in [4.69, 9.17) is 0 Å². The summed E-state index contributed by atoms with van der Waals surface area (Å²) in [4.78, 5) is 22.6. The van der Waals surface area contributed by atoms with Gasteiger partial charge in [-0.15, -0.1) is 0 Å². The van der Waals surface area contributed by atoms with Gasteiger partial charge in [0.1, 0.15) is 11.4 Å². The summed E-state index contributed by atoms with van der Waals surface area (Å²) in [5, 5.41) is 23.7. The SMILES string of the molecule is O=C(NC1c2ccccc2CC1O)c1cc(F)ccc1[N+](=O)[O-]. The van der Waals surface area contributed by atoms with Gasteiger partial charge < -0.3 is 10.4 Å². The van der Waals surface area contributed by atoms with Gasteiger partial charge in [-0.2, -0.15) is 0 Å². The van der Waals surface area contributed by atoms with Crippen LogP contribution in [0.25, 0.3) is 0 Å². The Labute approximate surface area is 130 Å². The predicted octanol–water partition coefficient (Wildman–Crippen LogP) is 2.12. The van der Waals surface area contributed by atoms with E-state index in [-0.39, 0.29) is 5.56 Å². The summed E-state index contributed by atoms with van der Waals surface area (Å²) in [6.07, 6.45) is -0.448. The lowest BCUT2D eigenvalue weighted by atomic mass is 10.1. The molecule has 0 heterocycles. The van der Waals surface area contributed by atoms with Crippen molar-refractivity contribution in [1.29, 1.82) is 0 Å². The van der Waals surface area contributed by atoms with Crippen molar-refractivity contribution in [3.63, 3.8) is 0 Å². The van der Waals surface area contributed by atoms with Crippen LogP contribution in [0.5, 0.6) is 0 Å². The number of aliphatic hydroxyl groups excluding tert-OH is 1. The second-order valence-corrected chi connectivity index (χ2v) is 5.34. The zero-order chi connectivity index (χ0) is 16.6. The van der Waals surface area contributed by atoms with Gasteiger partial charge in [-0.05, 0) is 23.3 Å². The number of nitro groups is 1. The van der Waals surface area contributed by atoms with Crippen molar-refractivity contribution in [2.75, 3.05) is 0 Å². The Hall–Kier alpha value is -2.80. The van der Waals surface area contributed by atoms with Crippen molar-refractivity contribution < 1.29 is 19.2 Å². The highest BCUT2D eigenvalue weighted by Gasteiger charge is 2.33. The summed E-state index contributed by atoms with van der Waals surface area (Å²) >= 11 is 0. The third-order valence-corrected chi connectivity index (χ3v) is 3.89. The quantitative estimate of drug-likeness (QED) is 0.670. The minimum Gasteiger partial charge on any atom is -0.390 e. The highest BCUT2D eigenvalue weighted by Crippen LogP contribution is 2.32. The van der Waals surface area contributed by atoms with Crippen LogP contribution in [0.15, 0.2) is 42.5 Å². The molecular formula is C16H13FN2O4. The van der Waals surface area contributed by atoms with Gasteiger partial charge in [-0.25, -0.2) is 4.39 Å². The molecule has 0 aliphatic heterocycles. The third kappa shape index (κ3) is 2.78. The van der Waals surface area contributed by atoms with E-state index in [1.165, 1.54) is 0 Å². The van der Waals surface area contributed by atoms with E-state index in [2.05, 4.69) is 5.32 Å². The van der Waals surface area contributed by atoms with Crippen LogP contribution in [0.4, 0.5) is 10.1 Å². The number of aliphatic hydroxyl groups is 1. The van der Waals surface area contributed by atoms with E-state index in [1.807, 2.05) is 12.1 Å². The second kappa shape index (κ2) is 5.77. The summed E-state index contributed by atoms with van der Waals surface area (Å²) in [5.41, 5.74) is 0.808. The lowest BCUT2D eigenvalue weighted by molar-refractivity contribution is -0.385. The number of nitro benzene ring substituents is 1. The molecule has 118 valence electrons. The number of nitrogens with zero attached hydrogens (tertiary/aromatic N) is 1. The van der Waals surface area contributed by atoms with Gasteiger partial charge in [0, 0.05) is 12.5 Å². The van der Waals surface area contributed by atoms with Crippen molar-refractivity contribution in [2.45, 2.75) is 18.6 Å². The fourth-order valence-electron chi connectivity index (χ4n) is 2.82. The molecule has 6 nitrogen and oxygen atoms in total. The predicted molar refractivity (Wildman–Crippen MR) is 79.4 cm³/mol. The summed E-state index contributed by atoms with van der Waals surface area (Å²) in [6.45, 7) is 0. The number of rotatable bonds is 3. The van der Waals surface area contributed by atoms with Crippen LogP contribution in [0, 0.1) is 15.9 Å². The first-order valence-electron chi connectivity index (χ1n) is 6.98. The van der Waals surface area contributed by atoms with Gasteiger partial charge in [0.05, 0.1) is 17.1 Å². The molecule has 2 aromatic rings. The number of halogens is 1. The Kier molecular flexibility index (Phi) is 3.79. The number of hydrogen-bond acceptors (Lipinski definition) is 4. The smallest absolute Gasteiger partial charge is 0.282 e. The van der Waals surface area contributed by atoms with Crippen molar-refractivity contribution in [2.24, 2.45) is 0 Å². The number of amides is 1. The first-order valence-corrected chi connectivity index (χ1v) is 6.98. The maximum absolute atomic E-state index is 13.3. The van der Waals surface area contributed by atoms with Gasteiger partial charge >= 0.3 is 0 Å². The van der Waals surface area contributed by atoms with Crippen LogP contribution in [0.2, 0.25) is 0 Å². The number of hydrogen-bond donors (Lipinski definition) is 2. The van der Waals surface area contributed by atoms with Crippen LogP contribution in [-0.2, 0) is 6.42 Å². The fraction of sp³-hybridized carbons (Fsp3) is 0.188. The molecule has 1 amide bonds. The van der Waals surface area contributed by atoms with Gasteiger partial charge in [-0.3, -0.25) is 14.9 Å². The topological polar surface area (TPSA) is 92.5 Å². The molecule has 1 aliphatic rings. The van der Waals surface area contributed by atoms with E-state index in [0.29, 0.717) is 6.42 Å². The second-order valence-electron chi connectivity index (χ2n) is 5.34. The van der Waals surface area contributed by atoms with Gasteiger partial charge in [0.2, 0.25) is 0 Å². The molecule has 0 saturated carbocycles. The monoisotopic (exact) mass is 316 g/mol. The van der Waals surface area contributed by atoms with E-state index in [1.54, 1.807) is 12.1 Å². The molecule has 7 heteroatoms. The third-order valence-electron chi connectivity index (χ3n) is 3.89. The largest absolute Gasteiger partial charge is 0.390 e. The van der Waals surface area contributed by atoms with Crippen molar-refractivity contribution in [3.8, 4) is 0 Å². The zero-order valence-corrected chi connectivity index (χ0v) is 11.9. The van der Waals surface area contributed by atoms with Crippen LogP contribution in [-0.4, -0.2) is 22.0 Å². The number of carbonyl (C=O) groups is 1. The lowest BCUT2D eigenvalue weighted by Crippen LogP contribution is -2.34. The fourth-order valence-corrected chi connectivity index (χ4v) is 2.82. The molecule has 0 fully saturated rings. The molecule has 2 N–H and O–H groups in total. The first-order chi connectivity index (χ1) is 11.0. The van der Waals surface area contributed by atoms with E-state index >= 15 is 0 Å². The molecule has 0 spiro atoms. The van der Waals surface area contributed by atoms with Crippen molar-refractivity contribution in [3.05, 3.63) is 75.1 Å². The lowest BCUT2D eigenvalue weighted by Gasteiger charge is -2.18. The molecule has 0 bridgehead atoms. The Morgan fingerprint density at radius 1 is 1.30 bits per heavy atom. The van der Waals surface area contributed by atoms with Crippen molar-refractivity contribution >= 4 is 11.6 Å². The number of fused-ring (bicyclic) bond motifs is 1. The molecule has 0 saturated heterocycles. The molecule has 1 aliphatic carbocycles. The molecule has 23 heavy (non-hydrogen) atoms. The normalized spacial score (nSPS) is 19.2. The van der Waals surface area contributed by atoms with Gasteiger partial charge in [-0.1, -0.05) is 24.3 Å². The Balaban J connectivity index is 1.91. The molecular weight excluding hydrogens is 303 g/mol.